The highest BCUT2D eigenvalue weighted by atomic mass is 16.6. The second-order valence-corrected chi connectivity index (χ2v) is 5.33. The van der Waals surface area contributed by atoms with Gasteiger partial charge in [-0.05, 0) is 53.0 Å². The van der Waals surface area contributed by atoms with Crippen LogP contribution in [0.15, 0.2) is 0 Å². The smallest absolute Gasteiger partial charge is 0.0841 e. The first kappa shape index (κ1) is 12.0. The van der Waals surface area contributed by atoms with E-state index >= 15 is 0 Å². The van der Waals surface area contributed by atoms with Crippen LogP contribution in [0.5, 0.6) is 0 Å². The third kappa shape index (κ3) is 3.23. The second-order valence-electron chi connectivity index (χ2n) is 5.33. The summed E-state index contributed by atoms with van der Waals surface area (Å²) in [5.74, 6) is 6.01. The van der Waals surface area contributed by atoms with Gasteiger partial charge in [0, 0.05) is 12.6 Å². The summed E-state index contributed by atoms with van der Waals surface area (Å²) in [4.78, 5) is 7.50. The number of likely N-dealkylation sites (tertiary alicyclic amines) is 1. The van der Waals surface area contributed by atoms with Crippen LogP contribution in [0.1, 0.15) is 40.5 Å². The summed E-state index contributed by atoms with van der Waals surface area (Å²) in [6, 6.07) is 0.668. The van der Waals surface area contributed by atoms with Gasteiger partial charge < -0.3 is 4.90 Å². The largest absolute Gasteiger partial charge is 0.301 e. The first-order valence-corrected chi connectivity index (χ1v) is 5.56. The molecule has 1 atom stereocenters. The second kappa shape index (κ2) is 4.60. The third-order valence-corrected chi connectivity index (χ3v) is 3.15. The van der Waals surface area contributed by atoms with Gasteiger partial charge in [-0.2, -0.15) is 0 Å². The van der Waals surface area contributed by atoms with Crippen molar-refractivity contribution in [2.45, 2.75) is 52.2 Å². The van der Waals surface area contributed by atoms with E-state index in [4.69, 9.17) is 10.7 Å². The molecule has 0 bridgehead atoms. The Morgan fingerprint density at radius 3 is 2.57 bits per heavy atom. The summed E-state index contributed by atoms with van der Waals surface area (Å²) in [5, 5.41) is 0. The molecule has 1 unspecified atom stereocenters. The van der Waals surface area contributed by atoms with Crippen LogP contribution in [0.3, 0.4) is 0 Å². The van der Waals surface area contributed by atoms with Crippen molar-refractivity contribution in [1.82, 2.24) is 4.90 Å². The van der Waals surface area contributed by atoms with Crippen molar-refractivity contribution in [3.63, 3.8) is 0 Å². The van der Waals surface area contributed by atoms with Gasteiger partial charge in [-0.15, -0.1) is 0 Å². The monoisotopic (exact) mass is 200 g/mol. The Kier molecular flexibility index (Phi) is 3.93. The van der Waals surface area contributed by atoms with Gasteiger partial charge in [-0.25, -0.2) is 5.90 Å². The molecule has 14 heavy (non-hydrogen) atoms. The lowest BCUT2D eigenvalue weighted by Gasteiger charge is -2.26. The molecule has 1 fully saturated rings. The number of nitrogens with zero attached hydrogens (tertiary/aromatic N) is 1. The summed E-state index contributed by atoms with van der Waals surface area (Å²) in [5.41, 5.74) is -0.169. The highest BCUT2D eigenvalue weighted by Crippen LogP contribution is 2.27. The average molecular weight is 200 g/mol. The highest BCUT2D eigenvalue weighted by Gasteiger charge is 2.30. The van der Waals surface area contributed by atoms with E-state index in [9.17, 15) is 0 Å². The van der Waals surface area contributed by atoms with Gasteiger partial charge in [0.2, 0.25) is 0 Å². The Hall–Kier alpha value is -0.120. The molecule has 0 aromatic rings. The molecule has 3 heteroatoms. The molecule has 1 aliphatic rings. The predicted octanol–water partition coefficient (Wildman–Crippen LogP) is 1.78. The molecule has 1 saturated heterocycles. The molecule has 0 aromatic heterocycles. The number of hydrogen-bond donors (Lipinski definition) is 1. The molecule has 0 amide bonds. The summed E-state index contributed by atoms with van der Waals surface area (Å²) in [6.07, 6.45) is 2.34. The van der Waals surface area contributed by atoms with Crippen LogP contribution >= 0.6 is 0 Å². The van der Waals surface area contributed by atoms with Crippen molar-refractivity contribution in [3.05, 3.63) is 0 Å². The minimum atomic E-state index is -0.169. The SMILES string of the molecule is CC(C)N1CCC(CC(C)(C)ON)C1. The Labute approximate surface area is 87.6 Å². The van der Waals surface area contributed by atoms with Crippen molar-refractivity contribution in [2.24, 2.45) is 11.8 Å². The lowest BCUT2D eigenvalue weighted by molar-refractivity contribution is -0.0355. The van der Waals surface area contributed by atoms with Gasteiger partial charge in [-0.1, -0.05) is 0 Å². The molecule has 0 aromatic carbocycles. The molecule has 0 spiro atoms. The maximum atomic E-state index is 5.27. The van der Waals surface area contributed by atoms with Gasteiger partial charge in [0.15, 0.2) is 0 Å². The lowest BCUT2D eigenvalue weighted by Crippen LogP contribution is -2.33. The number of nitrogens with two attached hydrogens (primary N) is 1. The van der Waals surface area contributed by atoms with Gasteiger partial charge in [0.05, 0.1) is 5.60 Å². The minimum absolute atomic E-state index is 0.169. The molecule has 1 heterocycles. The molecule has 0 aliphatic carbocycles. The fourth-order valence-corrected chi connectivity index (χ4v) is 2.24. The van der Waals surface area contributed by atoms with Crippen molar-refractivity contribution in [3.8, 4) is 0 Å². The van der Waals surface area contributed by atoms with E-state index in [1.807, 2.05) is 0 Å². The molecule has 0 saturated carbocycles. The molecule has 1 aliphatic heterocycles. The Morgan fingerprint density at radius 1 is 1.50 bits per heavy atom. The molecule has 84 valence electrons. The lowest BCUT2D eigenvalue weighted by atomic mass is 9.93. The van der Waals surface area contributed by atoms with Crippen molar-refractivity contribution < 1.29 is 4.84 Å². The molecular weight excluding hydrogens is 176 g/mol. The Balaban J connectivity index is 2.36. The van der Waals surface area contributed by atoms with Crippen molar-refractivity contribution >= 4 is 0 Å². The van der Waals surface area contributed by atoms with E-state index < -0.39 is 0 Å². The van der Waals surface area contributed by atoms with E-state index in [-0.39, 0.29) is 5.60 Å². The van der Waals surface area contributed by atoms with E-state index in [0.29, 0.717) is 6.04 Å². The quantitative estimate of drug-likeness (QED) is 0.703. The third-order valence-electron chi connectivity index (χ3n) is 3.15. The van der Waals surface area contributed by atoms with Crippen LogP contribution in [0.4, 0.5) is 0 Å². The summed E-state index contributed by atoms with van der Waals surface area (Å²) >= 11 is 0. The molecule has 3 nitrogen and oxygen atoms in total. The van der Waals surface area contributed by atoms with Crippen LogP contribution in [0.25, 0.3) is 0 Å². The predicted molar refractivity (Wildman–Crippen MR) is 58.8 cm³/mol. The van der Waals surface area contributed by atoms with Crippen molar-refractivity contribution in [2.75, 3.05) is 13.1 Å². The van der Waals surface area contributed by atoms with E-state index in [1.165, 1.54) is 19.5 Å². The standard InChI is InChI=1S/C11H24N2O/c1-9(2)13-6-5-10(8-13)7-11(3,4)14-12/h9-10H,5-8,12H2,1-4H3. The molecule has 1 rings (SSSR count). The minimum Gasteiger partial charge on any atom is -0.301 e. The number of hydrogen-bond acceptors (Lipinski definition) is 3. The summed E-state index contributed by atoms with van der Waals surface area (Å²) in [6.45, 7) is 11.1. The first-order chi connectivity index (χ1) is 6.44. The first-order valence-electron chi connectivity index (χ1n) is 5.56. The van der Waals surface area contributed by atoms with Crippen LogP contribution in [-0.4, -0.2) is 29.6 Å². The highest BCUT2D eigenvalue weighted by molar-refractivity contribution is 4.82. The van der Waals surface area contributed by atoms with Gasteiger partial charge in [-0.3, -0.25) is 4.84 Å². The van der Waals surface area contributed by atoms with Crippen LogP contribution in [-0.2, 0) is 4.84 Å². The van der Waals surface area contributed by atoms with Crippen molar-refractivity contribution in [1.29, 1.82) is 0 Å². The zero-order valence-corrected chi connectivity index (χ0v) is 9.92. The molecular formula is C11H24N2O. The van der Waals surface area contributed by atoms with E-state index in [2.05, 4.69) is 32.6 Å². The summed E-state index contributed by atoms with van der Waals surface area (Å²) < 4.78 is 0. The van der Waals surface area contributed by atoms with Gasteiger partial charge in [0.1, 0.15) is 0 Å². The maximum absolute atomic E-state index is 5.27. The average Bonchev–Trinajstić information content (AvgIpc) is 2.52. The van der Waals surface area contributed by atoms with E-state index in [0.717, 1.165) is 12.3 Å². The molecule has 0 radical (unpaired) electrons. The zero-order valence-electron chi connectivity index (χ0n) is 9.92. The van der Waals surface area contributed by atoms with Crippen LogP contribution in [0.2, 0.25) is 0 Å². The number of rotatable bonds is 4. The van der Waals surface area contributed by atoms with Gasteiger partial charge in [0.25, 0.3) is 0 Å². The zero-order chi connectivity index (χ0) is 10.8. The Morgan fingerprint density at radius 2 is 2.14 bits per heavy atom. The maximum Gasteiger partial charge on any atom is 0.0841 e. The summed E-state index contributed by atoms with van der Waals surface area (Å²) in [7, 11) is 0. The fourth-order valence-electron chi connectivity index (χ4n) is 2.24. The van der Waals surface area contributed by atoms with Gasteiger partial charge >= 0.3 is 0 Å². The van der Waals surface area contributed by atoms with Crippen LogP contribution in [0, 0.1) is 5.92 Å². The van der Waals surface area contributed by atoms with E-state index in [1.54, 1.807) is 0 Å². The molecule has 2 N–H and O–H groups in total. The topological polar surface area (TPSA) is 38.5 Å². The normalized spacial score (nSPS) is 24.9. The fraction of sp³-hybridized carbons (Fsp3) is 1.00. The Bertz CT molecular complexity index is 180. The van der Waals surface area contributed by atoms with Crippen LogP contribution < -0.4 is 5.90 Å².